The average molecular weight is 673 g/mol. The van der Waals surface area contributed by atoms with E-state index in [4.69, 9.17) is 0 Å². The summed E-state index contributed by atoms with van der Waals surface area (Å²) in [7, 11) is 0. The van der Waals surface area contributed by atoms with Gasteiger partial charge in [-0.15, -0.1) is 0 Å². The molecular formula is C44H68N2O3. The number of allylic oxidation sites excluding steroid dienone is 2. The van der Waals surface area contributed by atoms with Crippen molar-refractivity contribution in [1.82, 2.24) is 10.2 Å². The van der Waals surface area contributed by atoms with Gasteiger partial charge >= 0.3 is 5.97 Å². The van der Waals surface area contributed by atoms with Crippen molar-refractivity contribution in [3.8, 4) is 0 Å². The number of benzene rings is 1. The van der Waals surface area contributed by atoms with E-state index in [1.54, 1.807) is 12.1 Å². The van der Waals surface area contributed by atoms with Gasteiger partial charge in [0, 0.05) is 19.1 Å². The molecule has 9 atom stereocenters. The maximum absolute atomic E-state index is 14.5. The quantitative estimate of drug-likeness (QED) is 0.274. The highest BCUT2D eigenvalue weighted by atomic mass is 16.4. The smallest absolute Gasteiger partial charge is 0.335 e. The van der Waals surface area contributed by atoms with Gasteiger partial charge in [0.2, 0.25) is 5.91 Å². The van der Waals surface area contributed by atoms with E-state index in [0.29, 0.717) is 53.0 Å². The molecule has 0 heterocycles. The summed E-state index contributed by atoms with van der Waals surface area (Å²) in [6.45, 7) is 27.2. The maximum atomic E-state index is 14.5. The van der Waals surface area contributed by atoms with Crippen LogP contribution in [0.5, 0.6) is 0 Å². The van der Waals surface area contributed by atoms with Crippen molar-refractivity contribution in [2.45, 2.75) is 133 Å². The summed E-state index contributed by atoms with van der Waals surface area (Å²) in [5.41, 5.74) is 3.42. The van der Waals surface area contributed by atoms with Crippen molar-refractivity contribution >= 4 is 17.4 Å². The Morgan fingerprint density at radius 1 is 0.878 bits per heavy atom. The molecule has 5 heteroatoms. The van der Waals surface area contributed by atoms with E-state index in [9.17, 15) is 14.7 Å². The van der Waals surface area contributed by atoms with E-state index in [2.05, 4.69) is 85.5 Å². The zero-order chi connectivity index (χ0) is 35.7. The summed E-state index contributed by atoms with van der Waals surface area (Å²) in [6, 6.07) is 8.09. The van der Waals surface area contributed by atoms with E-state index < -0.39 is 5.97 Å². The molecular weight excluding hydrogens is 604 g/mol. The first-order valence-corrected chi connectivity index (χ1v) is 20.0. The number of rotatable bonds is 9. The number of carbonyl (C=O) groups is 2. The number of fused-ring (bicyclic) bond motifs is 7. The molecule has 6 rings (SSSR count). The van der Waals surface area contributed by atoms with Crippen LogP contribution in [0, 0.1) is 62.6 Å². The molecule has 0 radical (unpaired) electrons. The van der Waals surface area contributed by atoms with Crippen LogP contribution >= 0.6 is 0 Å². The predicted molar refractivity (Wildman–Crippen MR) is 201 cm³/mol. The van der Waals surface area contributed by atoms with Gasteiger partial charge in [0.15, 0.2) is 0 Å². The summed E-state index contributed by atoms with van der Waals surface area (Å²) in [4.78, 5) is 28.5. The highest BCUT2D eigenvalue weighted by molar-refractivity contribution is 5.88. The first-order chi connectivity index (χ1) is 23.0. The Kier molecular flexibility index (Phi) is 9.58. The van der Waals surface area contributed by atoms with Crippen LogP contribution < -0.4 is 5.32 Å². The van der Waals surface area contributed by atoms with Crippen LogP contribution in [-0.4, -0.2) is 47.6 Å². The Balaban J connectivity index is 1.29. The number of nitrogens with zero attached hydrogens (tertiary/aromatic N) is 1. The predicted octanol–water partition coefficient (Wildman–Crippen LogP) is 9.96. The number of carboxylic acids is 1. The Morgan fingerprint density at radius 3 is 2.18 bits per heavy atom. The van der Waals surface area contributed by atoms with Gasteiger partial charge in [-0.25, -0.2) is 4.79 Å². The van der Waals surface area contributed by atoms with Crippen LogP contribution in [0.15, 0.2) is 30.3 Å². The van der Waals surface area contributed by atoms with E-state index in [1.807, 2.05) is 12.1 Å². The minimum atomic E-state index is -0.866. The van der Waals surface area contributed by atoms with E-state index in [1.165, 1.54) is 49.7 Å². The molecule has 5 nitrogen and oxygen atoms in total. The number of nitrogens with one attached hydrogen (secondary N) is 1. The molecule has 1 aromatic carbocycles. The van der Waals surface area contributed by atoms with Gasteiger partial charge in [-0.3, -0.25) is 9.69 Å². The largest absolute Gasteiger partial charge is 0.478 e. The van der Waals surface area contributed by atoms with Crippen molar-refractivity contribution in [3.63, 3.8) is 0 Å². The van der Waals surface area contributed by atoms with E-state index in [0.717, 1.165) is 38.9 Å². The highest BCUT2D eigenvalue weighted by Gasteiger charge is 2.71. The zero-order valence-electron chi connectivity index (χ0n) is 32.6. The zero-order valence-corrected chi connectivity index (χ0v) is 32.6. The van der Waals surface area contributed by atoms with Gasteiger partial charge in [0.1, 0.15) is 0 Å². The van der Waals surface area contributed by atoms with Crippen molar-refractivity contribution in [3.05, 3.63) is 41.5 Å². The fraction of sp³-hybridized carbons (Fsp3) is 0.773. The second-order valence-corrected chi connectivity index (χ2v) is 19.2. The first kappa shape index (κ1) is 36.6. The molecule has 2 N–H and O–H groups in total. The fourth-order valence-electron chi connectivity index (χ4n) is 13.9. The second kappa shape index (κ2) is 12.8. The normalized spacial score (nSPS) is 39.5. The first-order valence-electron chi connectivity index (χ1n) is 20.0. The number of amides is 1. The second-order valence-electron chi connectivity index (χ2n) is 19.2. The number of hydrogen-bond acceptors (Lipinski definition) is 3. The standard InChI is InChI=1S/C44H68N2O3/c1-11-46(29(4)5)27-26-45-39(49)44-23-18-32(28(2)3)37(44)34-16-17-36-41(8)21-19-33(30-12-14-31(15-13-30)38(47)48)40(6,7)35(41)20-22-43(36,10)42(34,9)24-25-44/h12-15,19,28-29,32,34-37H,11,16-18,20-27H2,1-10H3,(H,45,49)(H,47,48)/t32-,34+,35-,36+,37+,41-,42+,43+,44-/m0/s1. The molecule has 0 spiro atoms. The molecule has 5 aliphatic carbocycles. The molecule has 49 heavy (non-hydrogen) atoms. The van der Waals surface area contributed by atoms with Gasteiger partial charge in [-0.1, -0.05) is 73.6 Å². The van der Waals surface area contributed by atoms with Crippen LogP contribution in [-0.2, 0) is 4.79 Å². The Hall–Kier alpha value is -2.14. The molecule has 0 aliphatic heterocycles. The fourth-order valence-corrected chi connectivity index (χ4v) is 13.9. The number of carboxylic acid groups (broad SMARTS) is 1. The lowest BCUT2D eigenvalue weighted by Crippen LogP contribution is -2.66. The monoisotopic (exact) mass is 673 g/mol. The van der Waals surface area contributed by atoms with Crippen molar-refractivity contribution < 1.29 is 14.7 Å². The maximum Gasteiger partial charge on any atom is 0.335 e. The van der Waals surface area contributed by atoms with Crippen LogP contribution in [0.25, 0.3) is 5.57 Å². The van der Waals surface area contributed by atoms with Gasteiger partial charge in [-0.05, 0) is 159 Å². The minimum absolute atomic E-state index is 0.00769. The Labute approximate surface area is 298 Å². The number of hydrogen-bond donors (Lipinski definition) is 2. The van der Waals surface area contributed by atoms with Crippen molar-refractivity contribution in [2.75, 3.05) is 19.6 Å². The Morgan fingerprint density at radius 2 is 1.57 bits per heavy atom. The van der Waals surface area contributed by atoms with Crippen LogP contribution in [0.3, 0.4) is 0 Å². The summed E-state index contributed by atoms with van der Waals surface area (Å²) >= 11 is 0. The topological polar surface area (TPSA) is 69.6 Å². The summed E-state index contributed by atoms with van der Waals surface area (Å²) in [6.07, 6.45) is 13.1. The van der Waals surface area contributed by atoms with Crippen LogP contribution in [0.1, 0.15) is 143 Å². The third-order valence-electron chi connectivity index (χ3n) is 16.6. The van der Waals surface area contributed by atoms with Crippen LogP contribution in [0.2, 0.25) is 0 Å². The molecule has 0 unspecified atom stereocenters. The van der Waals surface area contributed by atoms with Crippen molar-refractivity contribution in [1.29, 1.82) is 0 Å². The molecule has 4 saturated carbocycles. The average Bonchev–Trinajstić information content (AvgIpc) is 3.44. The lowest BCUT2D eigenvalue weighted by atomic mass is 9.32. The van der Waals surface area contributed by atoms with Crippen molar-refractivity contribution in [2.24, 2.45) is 62.6 Å². The summed E-state index contributed by atoms with van der Waals surface area (Å²) < 4.78 is 0. The van der Waals surface area contributed by atoms with Crippen LogP contribution in [0.4, 0.5) is 0 Å². The molecule has 0 aromatic heterocycles. The summed E-state index contributed by atoms with van der Waals surface area (Å²) in [5.74, 6) is 3.04. The van der Waals surface area contributed by atoms with E-state index in [-0.39, 0.29) is 27.1 Å². The molecule has 0 saturated heterocycles. The highest BCUT2D eigenvalue weighted by Crippen LogP contribution is 2.77. The Bertz CT molecular complexity index is 1440. The molecule has 4 fully saturated rings. The van der Waals surface area contributed by atoms with Gasteiger partial charge < -0.3 is 10.4 Å². The summed E-state index contributed by atoms with van der Waals surface area (Å²) in [5, 5.41) is 13.0. The lowest BCUT2D eigenvalue weighted by molar-refractivity contribution is -0.227. The van der Waals surface area contributed by atoms with Gasteiger partial charge in [-0.2, -0.15) is 0 Å². The molecule has 272 valence electrons. The van der Waals surface area contributed by atoms with Gasteiger partial charge in [0.05, 0.1) is 11.0 Å². The SMILES string of the molecule is CCN(CCNC(=O)[C@]12CC[C@@H](C(C)C)[C@@H]1[C@H]1CC[C@@H]3[C@@]4(C)CC=C(c5ccc(C(=O)O)cc5)C(C)(C)[C@@H]4CC[C@@]3(C)[C@]1(C)CC2)C(C)C. The third kappa shape index (κ3) is 5.48. The lowest BCUT2D eigenvalue weighted by Gasteiger charge is -2.72. The number of carbonyl (C=O) groups excluding carboxylic acids is 1. The molecule has 1 amide bonds. The number of aromatic carboxylic acids is 1. The molecule has 5 aliphatic rings. The van der Waals surface area contributed by atoms with Gasteiger partial charge in [0.25, 0.3) is 0 Å². The molecule has 1 aromatic rings. The van der Waals surface area contributed by atoms with E-state index >= 15 is 0 Å². The minimum Gasteiger partial charge on any atom is -0.478 e. The number of likely N-dealkylation sites (N-methyl/N-ethyl adjacent to an activating group) is 1. The third-order valence-corrected chi connectivity index (χ3v) is 16.6. The molecule has 0 bridgehead atoms.